The molecule has 11 heavy (non-hydrogen) atoms. The van der Waals surface area contributed by atoms with Crippen LogP contribution in [0, 0.1) is 5.92 Å². The van der Waals surface area contributed by atoms with Gasteiger partial charge in [0, 0.05) is 0 Å². The van der Waals surface area contributed by atoms with Gasteiger partial charge in [-0.25, -0.2) is 8.78 Å². The monoisotopic (exact) mass is 180 g/mol. The minimum Gasteiger partial charge on any atom is -0.208 e. The first-order chi connectivity index (χ1) is 5.04. The van der Waals surface area contributed by atoms with E-state index in [0.29, 0.717) is 6.42 Å². The fourth-order valence-electron chi connectivity index (χ4n) is 1.36. The van der Waals surface area contributed by atoms with Crippen molar-refractivity contribution in [1.29, 1.82) is 0 Å². The van der Waals surface area contributed by atoms with Crippen LogP contribution in [0.15, 0.2) is 12.2 Å². The maximum absolute atomic E-state index is 12.3. The van der Waals surface area contributed by atoms with Crippen molar-refractivity contribution in [3.8, 4) is 0 Å². The molecule has 0 spiro atoms. The van der Waals surface area contributed by atoms with Crippen molar-refractivity contribution in [2.45, 2.75) is 31.1 Å². The summed E-state index contributed by atoms with van der Waals surface area (Å²) in [7, 11) is 0. The molecule has 0 N–H and O–H groups in total. The summed E-state index contributed by atoms with van der Waals surface area (Å²) in [6, 6.07) is 0. The Balaban J connectivity index is 2.67. The summed E-state index contributed by atoms with van der Waals surface area (Å²) in [6.45, 7) is 1.90. The zero-order chi connectivity index (χ0) is 8.48. The number of rotatable bonds is 1. The molecule has 0 fully saturated rings. The number of hydrogen-bond donors (Lipinski definition) is 0. The predicted octanol–water partition coefficient (Wildman–Crippen LogP) is 3.22. The molecule has 3 heteroatoms. The van der Waals surface area contributed by atoms with Crippen molar-refractivity contribution in [1.82, 2.24) is 0 Å². The Bertz CT molecular complexity index is 167. The van der Waals surface area contributed by atoms with Crippen LogP contribution < -0.4 is 0 Å². The molecule has 0 saturated carbocycles. The summed E-state index contributed by atoms with van der Waals surface area (Å²) in [5.41, 5.74) is 0. The molecule has 1 rings (SSSR count). The zero-order valence-corrected chi connectivity index (χ0v) is 7.11. The van der Waals surface area contributed by atoms with Crippen LogP contribution in [0.25, 0.3) is 0 Å². The minimum absolute atomic E-state index is 0.176. The first-order valence-corrected chi connectivity index (χ1v) is 4.06. The third kappa shape index (κ3) is 1.92. The van der Waals surface area contributed by atoms with Gasteiger partial charge in [-0.1, -0.05) is 19.1 Å². The molecule has 0 radical (unpaired) electrons. The Kier molecular flexibility index (Phi) is 2.53. The van der Waals surface area contributed by atoms with Crippen molar-refractivity contribution in [3.63, 3.8) is 0 Å². The first kappa shape index (κ1) is 8.98. The van der Waals surface area contributed by atoms with Crippen molar-refractivity contribution in [2.24, 2.45) is 5.92 Å². The van der Waals surface area contributed by atoms with Crippen LogP contribution in [0.4, 0.5) is 8.78 Å². The lowest BCUT2D eigenvalue weighted by atomic mass is 9.87. The molecule has 0 bridgehead atoms. The molecule has 0 nitrogen and oxygen atoms in total. The van der Waals surface area contributed by atoms with E-state index in [2.05, 4.69) is 0 Å². The fraction of sp³-hybridized carbons (Fsp3) is 0.750. The third-order valence-electron chi connectivity index (χ3n) is 1.97. The van der Waals surface area contributed by atoms with Crippen LogP contribution in [-0.4, -0.2) is 11.3 Å². The first-order valence-electron chi connectivity index (χ1n) is 3.68. The topological polar surface area (TPSA) is 0 Å². The van der Waals surface area contributed by atoms with E-state index in [1.54, 1.807) is 6.08 Å². The Hall–Kier alpha value is -0.110. The van der Waals surface area contributed by atoms with Gasteiger partial charge in [0.15, 0.2) is 0 Å². The molecule has 0 saturated heterocycles. The lowest BCUT2D eigenvalue weighted by molar-refractivity contribution is 0.0831. The third-order valence-corrected chi connectivity index (χ3v) is 2.45. The Morgan fingerprint density at radius 2 is 2.27 bits per heavy atom. The van der Waals surface area contributed by atoms with Gasteiger partial charge in [0.25, 0.3) is 6.43 Å². The van der Waals surface area contributed by atoms with Gasteiger partial charge in [-0.05, 0) is 18.8 Å². The van der Waals surface area contributed by atoms with Crippen LogP contribution in [0.5, 0.6) is 0 Å². The van der Waals surface area contributed by atoms with Gasteiger partial charge in [0.05, 0.1) is 0 Å². The number of hydrogen-bond acceptors (Lipinski definition) is 0. The lowest BCUT2D eigenvalue weighted by Crippen LogP contribution is -2.34. The zero-order valence-electron chi connectivity index (χ0n) is 6.36. The van der Waals surface area contributed by atoms with E-state index in [4.69, 9.17) is 11.6 Å². The highest BCUT2D eigenvalue weighted by Crippen LogP contribution is 2.38. The molecule has 0 aromatic heterocycles. The summed E-state index contributed by atoms with van der Waals surface area (Å²) in [6.07, 6.45) is 1.92. The van der Waals surface area contributed by atoms with Gasteiger partial charge in [0.2, 0.25) is 0 Å². The maximum Gasteiger partial charge on any atom is 0.257 e. The fourth-order valence-corrected chi connectivity index (χ4v) is 1.69. The van der Waals surface area contributed by atoms with E-state index in [-0.39, 0.29) is 12.3 Å². The van der Waals surface area contributed by atoms with Crippen molar-refractivity contribution in [3.05, 3.63) is 12.2 Å². The molecule has 0 aromatic carbocycles. The molecule has 2 unspecified atom stereocenters. The maximum atomic E-state index is 12.3. The van der Waals surface area contributed by atoms with E-state index in [1.807, 2.05) is 13.0 Å². The van der Waals surface area contributed by atoms with Crippen LogP contribution in [-0.2, 0) is 0 Å². The SMILES string of the molecule is CC1C=CCC(Cl)(C(F)F)C1. The van der Waals surface area contributed by atoms with Gasteiger partial charge in [-0.3, -0.25) is 0 Å². The second kappa shape index (κ2) is 3.10. The van der Waals surface area contributed by atoms with Gasteiger partial charge in [-0.2, -0.15) is 0 Å². The number of allylic oxidation sites excluding steroid dienone is 2. The van der Waals surface area contributed by atoms with Crippen molar-refractivity contribution >= 4 is 11.6 Å². The molecule has 2 atom stereocenters. The quantitative estimate of drug-likeness (QED) is 0.430. The Morgan fingerprint density at radius 3 is 2.64 bits per heavy atom. The Morgan fingerprint density at radius 1 is 1.64 bits per heavy atom. The van der Waals surface area contributed by atoms with Gasteiger partial charge >= 0.3 is 0 Å². The second-order valence-electron chi connectivity index (χ2n) is 3.15. The van der Waals surface area contributed by atoms with Crippen molar-refractivity contribution < 1.29 is 8.78 Å². The molecule has 0 heterocycles. The van der Waals surface area contributed by atoms with Gasteiger partial charge in [0.1, 0.15) is 4.87 Å². The van der Waals surface area contributed by atoms with Crippen LogP contribution in [0.3, 0.4) is 0 Å². The van der Waals surface area contributed by atoms with E-state index in [0.717, 1.165) is 0 Å². The molecule has 0 amide bonds. The molecule has 64 valence electrons. The molecule has 1 aliphatic rings. The summed E-state index contributed by atoms with van der Waals surface area (Å²) in [5, 5.41) is 0. The molecule has 0 aliphatic heterocycles. The highest BCUT2D eigenvalue weighted by molar-refractivity contribution is 6.24. The Labute approximate surface area is 70.2 Å². The highest BCUT2D eigenvalue weighted by Gasteiger charge is 2.39. The molecule has 0 aromatic rings. The number of halogens is 3. The average Bonchev–Trinajstić information content (AvgIpc) is 1.86. The normalized spacial score (nSPS) is 38.1. The van der Waals surface area contributed by atoms with Crippen LogP contribution in [0.2, 0.25) is 0 Å². The van der Waals surface area contributed by atoms with Gasteiger partial charge in [-0.15, -0.1) is 11.6 Å². The average molecular weight is 181 g/mol. The summed E-state index contributed by atoms with van der Waals surface area (Å²) in [4.78, 5) is -1.30. The van der Waals surface area contributed by atoms with E-state index in [1.165, 1.54) is 0 Å². The summed E-state index contributed by atoms with van der Waals surface area (Å²) in [5.74, 6) is 0.176. The number of alkyl halides is 3. The molecular formula is C8H11ClF2. The van der Waals surface area contributed by atoms with E-state index < -0.39 is 11.3 Å². The smallest absolute Gasteiger partial charge is 0.208 e. The van der Waals surface area contributed by atoms with Crippen molar-refractivity contribution in [2.75, 3.05) is 0 Å². The standard InChI is InChI=1S/C8H11ClF2/c1-6-3-2-4-8(9,5-6)7(10)11/h2-3,6-7H,4-5H2,1H3. The van der Waals surface area contributed by atoms with Gasteiger partial charge < -0.3 is 0 Å². The van der Waals surface area contributed by atoms with Crippen LogP contribution >= 0.6 is 11.6 Å². The van der Waals surface area contributed by atoms with E-state index >= 15 is 0 Å². The van der Waals surface area contributed by atoms with Crippen LogP contribution in [0.1, 0.15) is 19.8 Å². The van der Waals surface area contributed by atoms with E-state index in [9.17, 15) is 8.78 Å². The molecular weight excluding hydrogens is 170 g/mol. The second-order valence-corrected chi connectivity index (χ2v) is 3.90. The largest absolute Gasteiger partial charge is 0.257 e. The summed E-state index contributed by atoms with van der Waals surface area (Å²) >= 11 is 5.70. The predicted molar refractivity (Wildman–Crippen MR) is 42.1 cm³/mol. The highest BCUT2D eigenvalue weighted by atomic mass is 35.5. The minimum atomic E-state index is -2.42. The lowest BCUT2D eigenvalue weighted by Gasteiger charge is -2.30. The summed E-state index contributed by atoms with van der Waals surface area (Å²) < 4.78 is 24.6. The molecule has 1 aliphatic carbocycles.